The van der Waals surface area contributed by atoms with Crippen LogP contribution in [0.3, 0.4) is 0 Å². The number of rotatable bonds is 3. The molecule has 3 rings (SSSR count). The Labute approximate surface area is 130 Å². The molecule has 1 aromatic rings. The summed E-state index contributed by atoms with van der Waals surface area (Å²) in [7, 11) is -3.49. The summed E-state index contributed by atoms with van der Waals surface area (Å²) in [5, 5.41) is 0.0571. The van der Waals surface area contributed by atoms with E-state index in [0.717, 1.165) is 25.9 Å². The Morgan fingerprint density at radius 2 is 1.62 bits per heavy atom. The molecular weight excluding hydrogens is 312 g/mol. The molecule has 3 heterocycles. The summed E-state index contributed by atoms with van der Waals surface area (Å²) in [5.41, 5.74) is 0. The number of likely N-dealkylation sites (tertiary alicyclic amines) is 1. The van der Waals surface area contributed by atoms with Crippen LogP contribution in [0.15, 0.2) is 17.3 Å². The monoisotopic (exact) mass is 330 g/mol. The molecule has 0 N–H and O–H groups in total. The summed E-state index contributed by atoms with van der Waals surface area (Å²) >= 11 is 5.60. The van der Waals surface area contributed by atoms with Crippen LogP contribution in [0.5, 0.6) is 0 Å². The second-order valence-corrected chi connectivity index (χ2v) is 7.84. The zero-order chi connectivity index (χ0) is 14.9. The smallest absolute Gasteiger partial charge is 0.246 e. The van der Waals surface area contributed by atoms with Crippen molar-refractivity contribution in [1.82, 2.24) is 19.2 Å². The Balaban J connectivity index is 1.66. The van der Waals surface area contributed by atoms with Gasteiger partial charge in [-0.25, -0.2) is 18.4 Å². The van der Waals surface area contributed by atoms with Crippen molar-refractivity contribution in [3.8, 4) is 0 Å². The summed E-state index contributed by atoms with van der Waals surface area (Å²) in [6, 6.07) is 0.528. The SMILES string of the molecule is O=S(=O)(c1cnc(Cl)nc1)N1CCC(N2CCCC2)CC1. The van der Waals surface area contributed by atoms with E-state index in [4.69, 9.17) is 11.6 Å². The molecule has 0 amide bonds. The fraction of sp³-hybridized carbons (Fsp3) is 0.692. The van der Waals surface area contributed by atoms with Crippen LogP contribution in [0.1, 0.15) is 25.7 Å². The maximum absolute atomic E-state index is 12.5. The summed E-state index contributed by atoms with van der Waals surface area (Å²) < 4.78 is 26.6. The van der Waals surface area contributed by atoms with Gasteiger partial charge < -0.3 is 4.90 Å². The summed E-state index contributed by atoms with van der Waals surface area (Å²) in [6.45, 7) is 3.43. The highest BCUT2D eigenvalue weighted by Crippen LogP contribution is 2.24. The maximum Gasteiger partial charge on any atom is 0.246 e. The highest BCUT2D eigenvalue weighted by Gasteiger charge is 2.32. The zero-order valence-corrected chi connectivity index (χ0v) is 13.4. The van der Waals surface area contributed by atoms with Gasteiger partial charge in [0, 0.05) is 19.1 Å². The highest BCUT2D eigenvalue weighted by molar-refractivity contribution is 7.89. The van der Waals surface area contributed by atoms with Crippen molar-refractivity contribution in [2.45, 2.75) is 36.6 Å². The fourth-order valence-electron chi connectivity index (χ4n) is 3.14. The first-order valence-electron chi connectivity index (χ1n) is 7.29. The number of sulfonamides is 1. The molecule has 2 saturated heterocycles. The van der Waals surface area contributed by atoms with E-state index in [9.17, 15) is 8.42 Å². The molecule has 0 spiro atoms. The standard InChI is InChI=1S/C13H19ClN4O2S/c14-13-15-9-12(10-16-13)21(19,20)18-7-3-11(4-8-18)17-5-1-2-6-17/h9-11H,1-8H2. The molecule has 6 nitrogen and oxygen atoms in total. The first-order chi connectivity index (χ1) is 10.1. The number of nitrogens with zero attached hydrogens (tertiary/aromatic N) is 4. The highest BCUT2D eigenvalue weighted by atomic mass is 35.5. The van der Waals surface area contributed by atoms with Crippen LogP contribution in [0.25, 0.3) is 0 Å². The molecule has 2 aliphatic heterocycles. The van der Waals surface area contributed by atoms with Crippen molar-refractivity contribution in [1.29, 1.82) is 0 Å². The van der Waals surface area contributed by atoms with Gasteiger partial charge >= 0.3 is 0 Å². The summed E-state index contributed by atoms with van der Waals surface area (Å²) in [6.07, 6.45) is 6.87. The Morgan fingerprint density at radius 1 is 1.05 bits per heavy atom. The van der Waals surface area contributed by atoms with E-state index in [0.29, 0.717) is 19.1 Å². The van der Waals surface area contributed by atoms with E-state index in [2.05, 4.69) is 14.9 Å². The number of piperidine rings is 1. The Hall–Kier alpha value is -0.760. The predicted molar refractivity (Wildman–Crippen MR) is 79.6 cm³/mol. The molecule has 2 fully saturated rings. The molecule has 0 unspecified atom stereocenters. The molecule has 2 aliphatic rings. The summed E-state index contributed by atoms with van der Waals surface area (Å²) in [5.74, 6) is 0. The van der Waals surface area contributed by atoms with Crippen molar-refractivity contribution in [2.75, 3.05) is 26.2 Å². The Kier molecular flexibility index (Phi) is 4.44. The van der Waals surface area contributed by atoms with E-state index in [1.807, 2.05) is 0 Å². The van der Waals surface area contributed by atoms with Crippen molar-refractivity contribution in [3.05, 3.63) is 17.7 Å². The molecule has 0 aliphatic carbocycles. The van der Waals surface area contributed by atoms with Gasteiger partial charge in [-0.05, 0) is 50.4 Å². The largest absolute Gasteiger partial charge is 0.300 e. The maximum atomic E-state index is 12.5. The minimum Gasteiger partial charge on any atom is -0.300 e. The van der Waals surface area contributed by atoms with E-state index < -0.39 is 10.0 Å². The average molecular weight is 331 g/mol. The number of hydrogen-bond acceptors (Lipinski definition) is 5. The number of halogens is 1. The molecule has 0 atom stereocenters. The minimum atomic E-state index is -3.49. The first kappa shape index (κ1) is 15.1. The van der Waals surface area contributed by atoms with Crippen molar-refractivity contribution >= 4 is 21.6 Å². The van der Waals surface area contributed by atoms with E-state index in [1.54, 1.807) is 0 Å². The quantitative estimate of drug-likeness (QED) is 0.783. The summed E-state index contributed by atoms with van der Waals surface area (Å²) in [4.78, 5) is 10.1. The molecule has 0 bridgehead atoms. The van der Waals surface area contributed by atoms with Gasteiger partial charge in [0.25, 0.3) is 0 Å². The molecule has 0 aromatic carbocycles. The van der Waals surface area contributed by atoms with Gasteiger partial charge in [-0.1, -0.05) is 0 Å². The van der Waals surface area contributed by atoms with Crippen LogP contribution < -0.4 is 0 Å². The van der Waals surface area contributed by atoms with Crippen molar-refractivity contribution < 1.29 is 8.42 Å². The van der Waals surface area contributed by atoms with Gasteiger partial charge in [-0.2, -0.15) is 4.31 Å². The van der Waals surface area contributed by atoms with Crippen LogP contribution >= 0.6 is 11.6 Å². The lowest BCUT2D eigenvalue weighted by Gasteiger charge is -2.35. The van der Waals surface area contributed by atoms with Crippen molar-refractivity contribution in [3.63, 3.8) is 0 Å². The predicted octanol–water partition coefficient (Wildman–Crippen LogP) is 1.38. The third-order valence-electron chi connectivity index (χ3n) is 4.31. The van der Waals surface area contributed by atoms with Crippen molar-refractivity contribution in [2.24, 2.45) is 0 Å². The van der Waals surface area contributed by atoms with E-state index in [-0.39, 0.29) is 10.2 Å². The van der Waals surface area contributed by atoms with E-state index >= 15 is 0 Å². The Morgan fingerprint density at radius 3 is 2.19 bits per heavy atom. The van der Waals surface area contributed by atoms with Crippen LogP contribution in [0, 0.1) is 0 Å². The van der Waals surface area contributed by atoms with Gasteiger partial charge in [0.15, 0.2) is 0 Å². The third-order valence-corrected chi connectivity index (χ3v) is 6.36. The van der Waals surface area contributed by atoms with Crippen LogP contribution in [-0.2, 0) is 10.0 Å². The van der Waals surface area contributed by atoms with Gasteiger partial charge in [-0.3, -0.25) is 0 Å². The fourth-order valence-corrected chi connectivity index (χ4v) is 4.60. The normalized spacial score (nSPS) is 22.7. The molecular formula is C13H19ClN4O2S. The van der Waals surface area contributed by atoms with Gasteiger partial charge in [-0.15, -0.1) is 0 Å². The number of aromatic nitrogens is 2. The van der Waals surface area contributed by atoms with Gasteiger partial charge in [0.1, 0.15) is 4.90 Å². The molecule has 8 heteroatoms. The topological polar surface area (TPSA) is 66.4 Å². The zero-order valence-electron chi connectivity index (χ0n) is 11.8. The lowest BCUT2D eigenvalue weighted by molar-refractivity contribution is 0.168. The van der Waals surface area contributed by atoms with Crippen LogP contribution in [0.4, 0.5) is 0 Å². The number of hydrogen-bond donors (Lipinski definition) is 0. The molecule has 0 saturated carbocycles. The second-order valence-electron chi connectivity index (χ2n) is 5.57. The van der Waals surface area contributed by atoms with Crippen LogP contribution in [-0.4, -0.2) is 59.8 Å². The molecule has 0 radical (unpaired) electrons. The molecule has 21 heavy (non-hydrogen) atoms. The minimum absolute atomic E-state index is 0.0571. The lowest BCUT2D eigenvalue weighted by atomic mass is 10.1. The molecule has 1 aromatic heterocycles. The van der Waals surface area contributed by atoms with E-state index in [1.165, 1.54) is 29.5 Å². The Bertz CT molecular complexity index is 579. The third kappa shape index (κ3) is 3.21. The lowest BCUT2D eigenvalue weighted by Crippen LogP contribution is -2.45. The second kappa shape index (κ2) is 6.16. The average Bonchev–Trinajstić information content (AvgIpc) is 3.02. The first-order valence-corrected chi connectivity index (χ1v) is 9.11. The van der Waals surface area contributed by atoms with Gasteiger partial charge in [0.2, 0.25) is 15.3 Å². The molecule has 116 valence electrons. The van der Waals surface area contributed by atoms with Gasteiger partial charge in [0.05, 0.1) is 12.4 Å². The van der Waals surface area contributed by atoms with Crippen LogP contribution in [0.2, 0.25) is 5.28 Å².